The maximum Gasteiger partial charge on any atom is 0.0406 e. The number of nitrogens with two attached hydrogens (primary N) is 1. The van der Waals surface area contributed by atoms with Gasteiger partial charge < -0.3 is 5.73 Å². The van der Waals surface area contributed by atoms with Crippen LogP contribution in [0.1, 0.15) is 39.2 Å². The SMILES string of the molecule is CC1CCC(C)N(C(C)(CN)Cc2ccc(Cl)cc2)C1. The lowest BCUT2D eigenvalue weighted by molar-refractivity contribution is 0.0210. The van der Waals surface area contributed by atoms with Gasteiger partial charge in [0.1, 0.15) is 0 Å². The molecule has 0 aromatic heterocycles. The van der Waals surface area contributed by atoms with E-state index in [1.54, 1.807) is 0 Å². The molecule has 0 spiro atoms. The number of nitrogens with zero attached hydrogens (tertiary/aromatic N) is 1. The first-order valence-corrected chi connectivity index (χ1v) is 8.03. The summed E-state index contributed by atoms with van der Waals surface area (Å²) in [5.74, 6) is 0.766. The third-order valence-electron chi connectivity index (χ3n) is 4.75. The van der Waals surface area contributed by atoms with Crippen molar-refractivity contribution in [3.63, 3.8) is 0 Å². The maximum absolute atomic E-state index is 6.16. The minimum absolute atomic E-state index is 0.0297. The van der Waals surface area contributed by atoms with E-state index in [9.17, 15) is 0 Å². The molecule has 1 aromatic carbocycles. The van der Waals surface area contributed by atoms with Crippen LogP contribution in [0, 0.1) is 5.92 Å². The van der Waals surface area contributed by atoms with Gasteiger partial charge in [-0.1, -0.05) is 30.7 Å². The van der Waals surface area contributed by atoms with Gasteiger partial charge in [0.2, 0.25) is 0 Å². The molecule has 0 saturated carbocycles. The maximum atomic E-state index is 6.16. The summed E-state index contributed by atoms with van der Waals surface area (Å²) in [5, 5.41) is 0.795. The van der Waals surface area contributed by atoms with Crippen LogP contribution >= 0.6 is 11.6 Å². The molecule has 0 aliphatic carbocycles. The molecule has 2 rings (SSSR count). The Morgan fingerprint density at radius 3 is 2.50 bits per heavy atom. The zero-order valence-corrected chi connectivity index (χ0v) is 13.7. The molecule has 20 heavy (non-hydrogen) atoms. The van der Waals surface area contributed by atoms with Gasteiger partial charge in [-0.15, -0.1) is 0 Å². The second kappa shape index (κ2) is 6.46. The molecule has 3 atom stereocenters. The van der Waals surface area contributed by atoms with Gasteiger partial charge in [0.15, 0.2) is 0 Å². The Morgan fingerprint density at radius 2 is 1.90 bits per heavy atom. The van der Waals surface area contributed by atoms with E-state index in [4.69, 9.17) is 17.3 Å². The van der Waals surface area contributed by atoms with E-state index in [2.05, 4.69) is 37.8 Å². The quantitative estimate of drug-likeness (QED) is 0.917. The zero-order valence-electron chi connectivity index (χ0n) is 12.9. The highest BCUT2D eigenvalue weighted by Gasteiger charge is 2.36. The van der Waals surface area contributed by atoms with Crippen molar-refractivity contribution >= 4 is 11.6 Å². The average molecular weight is 295 g/mol. The van der Waals surface area contributed by atoms with Crippen molar-refractivity contribution in [2.45, 2.75) is 51.6 Å². The fourth-order valence-corrected chi connectivity index (χ4v) is 3.50. The lowest BCUT2D eigenvalue weighted by atomic mass is 9.84. The Labute approximate surface area is 128 Å². The molecule has 0 amide bonds. The molecule has 1 saturated heterocycles. The summed E-state index contributed by atoms with van der Waals surface area (Å²) in [4.78, 5) is 2.62. The highest BCUT2D eigenvalue weighted by molar-refractivity contribution is 6.30. The zero-order chi connectivity index (χ0) is 14.8. The third-order valence-corrected chi connectivity index (χ3v) is 5.00. The van der Waals surface area contributed by atoms with Crippen molar-refractivity contribution in [2.24, 2.45) is 11.7 Å². The topological polar surface area (TPSA) is 29.3 Å². The second-order valence-electron chi connectivity index (χ2n) is 6.69. The Kier molecular flexibility index (Phi) is 5.11. The molecule has 2 N–H and O–H groups in total. The van der Waals surface area contributed by atoms with Crippen molar-refractivity contribution < 1.29 is 0 Å². The van der Waals surface area contributed by atoms with Crippen LogP contribution in [0.2, 0.25) is 5.02 Å². The van der Waals surface area contributed by atoms with E-state index in [-0.39, 0.29) is 5.54 Å². The number of benzene rings is 1. The Hall–Kier alpha value is -0.570. The highest BCUT2D eigenvalue weighted by Crippen LogP contribution is 2.30. The standard InChI is InChI=1S/C17H27ClN2/c1-13-4-5-14(2)20(11-13)17(3,12-19)10-15-6-8-16(18)9-7-15/h6-9,13-14H,4-5,10-12,19H2,1-3H3. The van der Waals surface area contributed by atoms with Crippen LogP contribution < -0.4 is 5.73 Å². The van der Waals surface area contributed by atoms with Crippen molar-refractivity contribution in [2.75, 3.05) is 13.1 Å². The van der Waals surface area contributed by atoms with Crippen LogP contribution in [-0.2, 0) is 6.42 Å². The molecule has 0 bridgehead atoms. The van der Waals surface area contributed by atoms with Gasteiger partial charge in [0, 0.05) is 29.7 Å². The first-order chi connectivity index (χ1) is 9.44. The van der Waals surface area contributed by atoms with Crippen LogP contribution in [0.3, 0.4) is 0 Å². The smallest absolute Gasteiger partial charge is 0.0406 e. The van der Waals surface area contributed by atoms with Gasteiger partial charge in [0.05, 0.1) is 0 Å². The van der Waals surface area contributed by atoms with Crippen molar-refractivity contribution in [1.29, 1.82) is 0 Å². The molecular formula is C17H27ClN2. The van der Waals surface area contributed by atoms with Crippen molar-refractivity contribution in [3.05, 3.63) is 34.9 Å². The van der Waals surface area contributed by atoms with Gasteiger partial charge in [0.25, 0.3) is 0 Å². The Balaban J connectivity index is 2.16. The normalized spacial score (nSPS) is 27.2. The minimum Gasteiger partial charge on any atom is -0.329 e. The number of halogens is 1. The molecular weight excluding hydrogens is 268 g/mol. The third kappa shape index (κ3) is 3.55. The summed E-state index contributed by atoms with van der Waals surface area (Å²) in [7, 11) is 0. The predicted octanol–water partition coefficient (Wildman–Crippen LogP) is 3.72. The van der Waals surface area contributed by atoms with Crippen LogP contribution in [0.4, 0.5) is 0 Å². The summed E-state index contributed by atoms with van der Waals surface area (Å²) >= 11 is 5.97. The van der Waals surface area contributed by atoms with E-state index in [1.807, 2.05) is 12.1 Å². The number of likely N-dealkylation sites (tertiary alicyclic amines) is 1. The van der Waals surface area contributed by atoms with Gasteiger partial charge in [-0.05, 0) is 56.7 Å². The number of piperidine rings is 1. The summed E-state index contributed by atoms with van der Waals surface area (Å²) < 4.78 is 0. The summed E-state index contributed by atoms with van der Waals surface area (Å²) in [6.07, 6.45) is 3.59. The fourth-order valence-electron chi connectivity index (χ4n) is 3.37. The van der Waals surface area contributed by atoms with E-state index < -0.39 is 0 Å². The van der Waals surface area contributed by atoms with E-state index in [1.165, 1.54) is 18.4 Å². The van der Waals surface area contributed by atoms with Crippen molar-refractivity contribution in [3.8, 4) is 0 Å². The highest BCUT2D eigenvalue weighted by atomic mass is 35.5. The number of hydrogen-bond acceptors (Lipinski definition) is 2. The first-order valence-electron chi connectivity index (χ1n) is 7.66. The lowest BCUT2D eigenvalue weighted by Gasteiger charge is -2.48. The minimum atomic E-state index is 0.0297. The summed E-state index contributed by atoms with van der Waals surface area (Å²) in [6.45, 7) is 8.82. The van der Waals surface area contributed by atoms with E-state index in [0.717, 1.165) is 23.9 Å². The molecule has 0 radical (unpaired) electrons. The first kappa shape index (κ1) is 15.8. The fraction of sp³-hybridized carbons (Fsp3) is 0.647. The second-order valence-corrected chi connectivity index (χ2v) is 7.12. The van der Waals surface area contributed by atoms with Gasteiger partial charge in [-0.3, -0.25) is 4.90 Å². The summed E-state index contributed by atoms with van der Waals surface area (Å²) in [5.41, 5.74) is 7.50. The van der Waals surface area contributed by atoms with Crippen LogP contribution in [0.5, 0.6) is 0 Å². The molecule has 1 aliphatic heterocycles. The van der Waals surface area contributed by atoms with Gasteiger partial charge >= 0.3 is 0 Å². The molecule has 1 aromatic rings. The molecule has 3 heteroatoms. The Bertz CT molecular complexity index is 431. The van der Waals surface area contributed by atoms with Crippen molar-refractivity contribution in [1.82, 2.24) is 4.90 Å². The monoisotopic (exact) mass is 294 g/mol. The molecule has 112 valence electrons. The van der Waals surface area contributed by atoms with Crippen LogP contribution in [0.15, 0.2) is 24.3 Å². The largest absolute Gasteiger partial charge is 0.329 e. The molecule has 3 unspecified atom stereocenters. The lowest BCUT2D eigenvalue weighted by Crippen LogP contribution is -2.59. The predicted molar refractivity (Wildman–Crippen MR) is 87.2 cm³/mol. The van der Waals surface area contributed by atoms with Gasteiger partial charge in [-0.2, -0.15) is 0 Å². The molecule has 1 aliphatic rings. The average Bonchev–Trinajstić information content (AvgIpc) is 2.44. The van der Waals surface area contributed by atoms with E-state index >= 15 is 0 Å². The van der Waals surface area contributed by atoms with Crippen LogP contribution in [-0.4, -0.2) is 29.6 Å². The Morgan fingerprint density at radius 1 is 1.25 bits per heavy atom. The molecule has 1 heterocycles. The number of rotatable bonds is 4. The summed E-state index contributed by atoms with van der Waals surface area (Å²) in [6, 6.07) is 8.79. The molecule has 1 fully saturated rings. The van der Waals surface area contributed by atoms with Gasteiger partial charge in [-0.25, -0.2) is 0 Å². The molecule has 2 nitrogen and oxygen atoms in total. The van der Waals surface area contributed by atoms with Crippen LogP contribution in [0.25, 0.3) is 0 Å². The van der Waals surface area contributed by atoms with E-state index in [0.29, 0.717) is 12.6 Å². The number of hydrogen-bond donors (Lipinski definition) is 1.